The molecule has 0 radical (unpaired) electrons. The van der Waals surface area contributed by atoms with Gasteiger partial charge in [-0.25, -0.2) is 0 Å². The molecule has 1 aliphatic carbocycles. The van der Waals surface area contributed by atoms with Gasteiger partial charge in [0.25, 0.3) is 0 Å². The highest BCUT2D eigenvalue weighted by Gasteiger charge is 2.59. The van der Waals surface area contributed by atoms with E-state index in [1.165, 1.54) is 29.5 Å². The summed E-state index contributed by atoms with van der Waals surface area (Å²) in [5.74, 6) is 0.739. The summed E-state index contributed by atoms with van der Waals surface area (Å²) < 4.78 is 0. The summed E-state index contributed by atoms with van der Waals surface area (Å²) in [6.45, 7) is 7.24. The number of nitrogens with zero attached hydrogens (tertiary/aromatic N) is 3. The highest BCUT2D eigenvalue weighted by molar-refractivity contribution is 5.82. The van der Waals surface area contributed by atoms with Crippen LogP contribution in [-0.2, 0) is 11.3 Å². The molecular weight excluding hydrogens is 382 g/mol. The topological polar surface area (TPSA) is 26.8 Å². The predicted octanol–water partition coefficient (Wildman–Crippen LogP) is 4.12. The minimum absolute atomic E-state index is 0.295. The highest BCUT2D eigenvalue weighted by atomic mass is 16.2. The predicted molar refractivity (Wildman–Crippen MR) is 126 cm³/mol. The second-order valence-electron chi connectivity index (χ2n) is 9.94. The second-order valence-corrected chi connectivity index (χ2v) is 9.94. The van der Waals surface area contributed by atoms with E-state index in [9.17, 15) is 4.79 Å². The van der Waals surface area contributed by atoms with Crippen LogP contribution in [0.5, 0.6) is 0 Å². The molecule has 0 N–H and O–H groups in total. The van der Waals surface area contributed by atoms with E-state index in [0.717, 1.165) is 58.7 Å². The van der Waals surface area contributed by atoms with E-state index in [1.54, 1.807) is 0 Å². The minimum Gasteiger partial charge on any atom is -0.341 e. The molecular formula is C27H35N3O. The zero-order valence-corrected chi connectivity index (χ0v) is 18.8. The zero-order valence-electron chi connectivity index (χ0n) is 18.8. The molecule has 2 heterocycles. The molecule has 3 aliphatic rings. The molecule has 2 aromatic rings. The second kappa shape index (κ2) is 8.76. The molecule has 5 rings (SSSR count). The average Bonchev–Trinajstić information content (AvgIpc) is 3.55. The van der Waals surface area contributed by atoms with Gasteiger partial charge in [-0.1, -0.05) is 54.6 Å². The van der Waals surface area contributed by atoms with Gasteiger partial charge in [0.05, 0.1) is 0 Å². The van der Waals surface area contributed by atoms with Crippen molar-refractivity contribution >= 4 is 5.91 Å². The molecule has 164 valence electrons. The molecule has 31 heavy (non-hydrogen) atoms. The monoisotopic (exact) mass is 417 g/mol. The first-order chi connectivity index (χ1) is 15.1. The SMILES string of the molecule is CN1CCCN(C(=O)[C@H]2CC23CCN(Cc2ccc(-c4ccccc4)cc2)CC3)CC1. The summed E-state index contributed by atoms with van der Waals surface area (Å²) in [5.41, 5.74) is 4.24. The van der Waals surface area contributed by atoms with Gasteiger partial charge >= 0.3 is 0 Å². The summed E-state index contributed by atoms with van der Waals surface area (Å²) in [6.07, 6.45) is 4.59. The van der Waals surface area contributed by atoms with Crippen molar-refractivity contribution in [2.45, 2.75) is 32.2 Å². The highest BCUT2D eigenvalue weighted by Crippen LogP contribution is 2.60. The Balaban J connectivity index is 1.12. The number of likely N-dealkylation sites (N-methyl/N-ethyl adjacent to an activating group) is 1. The molecule has 1 atom stereocenters. The van der Waals surface area contributed by atoms with E-state index in [-0.39, 0.29) is 0 Å². The average molecular weight is 418 g/mol. The number of piperidine rings is 1. The number of hydrogen-bond acceptors (Lipinski definition) is 3. The van der Waals surface area contributed by atoms with Crippen LogP contribution in [0.1, 0.15) is 31.2 Å². The van der Waals surface area contributed by atoms with Crippen molar-refractivity contribution < 1.29 is 4.79 Å². The maximum atomic E-state index is 13.1. The first-order valence-electron chi connectivity index (χ1n) is 12.0. The minimum atomic E-state index is 0.295. The lowest BCUT2D eigenvalue weighted by molar-refractivity contribution is -0.133. The van der Waals surface area contributed by atoms with Crippen LogP contribution >= 0.6 is 0 Å². The van der Waals surface area contributed by atoms with Crippen LogP contribution in [0.3, 0.4) is 0 Å². The van der Waals surface area contributed by atoms with Gasteiger partial charge in [-0.3, -0.25) is 9.69 Å². The number of rotatable bonds is 4. The number of carbonyl (C=O) groups excluding carboxylic acids is 1. The fourth-order valence-electron chi connectivity index (χ4n) is 5.58. The van der Waals surface area contributed by atoms with E-state index in [0.29, 0.717) is 17.2 Å². The van der Waals surface area contributed by atoms with Gasteiger partial charge in [-0.2, -0.15) is 0 Å². The molecule has 0 aromatic heterocycles. The number of carbonyl (C=O) groups is 1. The lowest BCUT2D eigenvalue weighted by Gasteiger charge is -2.33. The molecule has 1 spiro atoms. The van der Waals surface area contributed by atoms with Gasteiger partial charge in [0.2, 0.25) is 5.91 Å². The molecule has 4 nitrogen and oxygen atoms in total. The Morgan fingerprint density at radius 2 is 1.58 bits per heavy atom. The van der Waals surface area contributed by atoms with Gasteiger partial charge in [0, 0.05) is 32.1 Å². The van der Waals surface area contributed by atoms with E-state index in [1.807, 2.05) is 0 Å². The first kappa shape index (κ1) is 20.7. The number of amides is 1. The van der Waals surface area contributed by atoms with Gasteiger partial charge < -0.3 is 9.80 Å². The normalized spacial score (nSPS) is 24.2. The third-order valence-corrected chi connectivity index (χ3v) is 7.84. The Hall–Kier alpha value is -2.17. The van der Waals surface area contributed by atoms with Crippen molar-refractivity contribution in [3.63, 3.8) is 0 Å². The Morgan fingerprint density at radius 3 is 2.32 bits per heavy atom. The van der Waals surface area contributed by atoms with Gasteiger partial charge in [0.15, 0.2) is 0 Å². The van der Waals surface area contributed by atoms with Crippen molar-refractivity contribution in [3.05, 3.63) is 60.2 Å². The Bertz CT molecular complexity index is 886. The van der Waals surface area contributed by atoms with E-state index < -0.39 is 0 Å². The van der Waals surface area contributed by atoms with Crippen LogP contribution in [0.4, 0.5) is 0 Å². The smallest absolute Gasteiger partial charge is 0.226 e. The van der Waals surface area contributed by atoms with Gasteiger partial charge in [0.1, 0.15) is 0 Å². The quantitative estimate of drug-likeness (QED) is 0.749. The van der Waals surface area contributed by atoms with E-state index in [2.05, 4.69) is 76.3 Å². The molecule has 2 aromatic carbocycles. The van der Waals surface area contributed by atoms with Gasteiger partial charge in [-0.05, 0) is 74.5 Å². The summed E-state index contributed by atoms with van der Waals surface area (Å²) in [7, 11) is 2.16. The Kier molecular flexibility index (Phi) is 5.85. The lowest BCUT2D eigenvalue weighted by Crippen LogP contribution is -2.39. The van der Waals surface area contributed by atoms with Crippen LogP contribution in [0.2, 0.25) is 0 Å². The molecule has 0 bridgehead atoms. The van der Waals surface area contributed by atoms with E-state index in [4.69, 9.17) is 0 Å². The Morgan fingerprint density at radius 1 is 0.871 bits per heavy atom. The summed E-state index contributed by atoms with van der Waals surface area (Å²) in [4.78, 5) is 20.2. The summed E-state index contributed by atoms with van der Waals surface area (Å²) in [5, 5.41) is 0. The van der Waals surface area contributed by atoms with E-state index >= 15 is 0 Å². The van der Waals surface area contributed by atoms with Crippen molar-refractivity contribution in [1.82, 2.24) is 14.7 Å². The molecule has 0 unspecified atom stereocenters. The molecule has 2 aliphatic heterocycles. The standard InChI is InChI=1S/C27H35N3O/c1-28-14-5-15-30(19-18-28)26(31)25-20-27(25)12-16-29(17-13-27)21-22-8-10-24(11-9-22)23-6-3-2-4-7-23/h2-4,6-11,25H,5,12-21H2,1H3/t25-/m1/s1. The van der Waals surface area contributed by atoms with Crippen LogP contribution in [0.15, 0.2) is 54.6 Å². The summed E-state index contributed by atoms with van der Waals surface area (Å²) >= 11 is 0. The third-order valence-electron chi connectivity index (χ3n) is 7.84. The number of likely N-dealkylation sites (tertiary alicyclic amines) is 1. The van der Waals surface area contributed by atoms with Crippen molar-refractivity contribution in [3.8, 4) is 11.1 Å². The Labute approximate surface area is 186 Å². The van der Waals surface area contributed by atoms with Crippen LogP contribution in [0, 0.1) is 11.3 Å². The fourth-order valence-corrected chi connectivity index (χ4v) is 5.58. The fraction of sp³-hybridized carbons (Fsp3) is 0.519. The molecule has 2 saturated heterocycles. The molecule has 4 heteroatoms. The third kappa shape index (κ3) is 4.56. The molecule has 1 amide bonds. The zero-order chi connectivity index (χ0) is 21.3. The number of benzene rings is 2. The van der Waals surface area contributed by atoms with Crippen LogP contribution in [0.25, 0.3) is 11.1 Å². The lowest BCUT2D eigenvalue weighted by atomic mass is 9.90. The first-order valence-corrected chi connectivity index (χ1v) is 12.0. The molecule has 1 saturated carbocycles. The maximum Gasteiger partial charge on any atom is 0.226 e. The largest absolute Gasteiger partial charge is 0.341 e. The van der Waals surface area contributed by atoms with Crippen molar-refractivity contribution in [2.75, 3.05) is 46.3 Å². The van der Waals surface area contributed by atoms with Gasteiger partial charge in [-0.15, -0.1) is 0 Å². The van der Waals surface area contributed by atoms with Crippen molar-refractivity contribution in [1.29, 1.82) is 0 Å². The van der Waals surface area contributed by atoms with Crippen molar-refractivity contribution in [2.24, 2.45) is 11.3 Å². The van der Waals surface area contributed by atoms with Crippen LogP contribution in [-0.4, -0.2) is 66.9 Å². The number of hydrogen-bond donors (Lipinski definition) is 0. The van der Waals surface area contributed by atoms with Crippen LogP contribution < -0.4 is 0 Å². The summed E-state index contributed by atoms with van der Waals surface area (Å²) in [6, 6.07) is 19.6. The maximum absolute atomic E-state index is 13.1. The molecule has 3 fully saturated rings.